The molecule has 0 saturated carbocycles. The summed E-state index contributed by atoms with van der Waals surface area (Å²) in [4.78, 5) is 12.5. The second kappa shape index (κ2) is 7.02. The van der Waals surface area contributed by atoms with Crippen LogP contribution in [0.3, 0.4) is 0 Å². The summed E-state index contributed by atoms with van der Waals surface area (Å²) in [5, 5.41) is 3.28. The molecule has 2 rings (SSSR count). The Morgan fingerprint density at radius 3 is 2.48 bits per heavy atom. The summed E-state index contributed by atoms with van der Waals surface area (Å²) >= 11 is 14.3. The number of hydrogen-bond donors (Lipinski definition) is 2. The Labute approximate surface area is 141 Å². The van der Waals surface area contributed by atoms with Gasteiger partial charge in [-0.05, 0) is 39.7 Å². The van der Waals surface area contributed by atoms with Gasteiger partial charge in [0, 0.05) is 10.0 Å². The van der Waals surface area contributed by atoms with Crippen molar-refractivity contribution in [2.24, 2.45) is 5.73 Å². The second-order valence-electron chi connectivity index (χ2n) is 4.35. The molecule has 3 N–H and O–H groups in total. The Balaban J connectivity index is 2.23. The maximum Gasteiger partial charge on any atom is 0.252 e. The van der Waals surface area contributed by atoms with Gasteiger partial charge < -0.3 is 11.1 Å². The smallest absolute Gasteiger partial charge is 0.252 e. The van der Waals surface area contributed by atoms with Gasteiger partial charge in [-0.2, -0.15) is 0 Å². The van der Waals surface area contributed by atoms with Gasteiger partial charge >= 0.3 is 0 Å². The van der Waals surface area contributed by atoms with E-state index in [4.69, 9.17) is 29.6 Å². The zero-order chi connectivity index (χ0) is 15.4. The van der Waals surface area contributed by atoms with Gasteiger partial charge in [-0.25, -0.2) is 0 Å². The first-order chi connectivity index (χ1) is 9.99. The molecular formula is C15H12BrClN2OS. The lowest BCUT2D eigenvalue weighted by molar-refractivity contribution is 0.0947. The molecule has 1 atom stereocenters. The Morgan fingerprint density at radius 1 is 1.24 bits per heavy atom. The predicted octanol–water partition coefficient (Wildman–Crippen LogP) is 3.86. The van der Waals surface area contributed by atoms with E-state index in [1.54, 1.807) is 18.2 Å². The van der Waals surface area contributed by atoms with Crippen LogP contribution in [0.1, 0.15) is 22.0 Å². The van der Waals surface area contributed by atoms with Crippen LogP contribution in [0.2, 0.25) is 5.02 Å². The van der Waals surface area contributed by atoms with E-state index in [0.717, 1.165) is 10.0 Å². The molecule has 0 aliphatic rings. The third-order valence-corrected chi connectivity index (χ3v) is 4.34. The number of carbonyl (C=O) groups is 1. The van der Waals surface area contributed by atoms with Gasteiger partial charge in [0.1, 0.15) is 11.0 Å². The maximum absolute atomic E-state index is 12.3. The summed E-state index contributed by atoms with van der Waals surface area (Å²) in [5.41, 5.74) is 7.01. The summed E-state index contributed by atoms with van der Waals surface area (Å²) in [6, 6.07) is 13.8. The van der Waals surface area contributed by atoms with E-state index in [-0.39, 0.29) is 10.9 Å². The van der Waals surface area contributed by atoms with Crippen LogP contribution in [0, 0.1) is 0 Å². The molecule has 0 heterocycles. The summed E-state index contributed by atoms with van der Waals surface area (Å²) in [6.45, 7) is 0. The zero-order valence-corrected chi connectivity index (χ0v) is 14.0. The lowest BCUT2D eigenvalue weighted by Crippen LogP contribution is -2.36. The van der Waals surface area contributed by atoms with Crippen molar-refractivity contribution in [3.63, 3.8) is 0 Å². The molecule has 2 aromatic rings. The van der Waals surface area contributed by atoms with Crippen molar-refractivity contribution in [3.05, 3.63) is 69.2 Å². The van der Waals surface area contributed by atoms with E-state index >= 15 is 0 Å². The Kier molecular flexibility index (Phi) is 5.33. The Bertz CT molecular complexity index is 679. The largest absolute Gasteiger partial charge is 0.391 e. The van der Waals surface area contributed by atoms with Crippen LogP contribution in [-0.2, 0) is 0 Å². The number of nitrogens with one attached hydrogen (secondary N) is 1. The van der Waals surface area contributed by atoms with Crippen LogP contribution in [0.15, 0.2) is 53.0 Å². The van der Waals surface area contributed by atoms with Gasteiger partial charge in [0.25, 0.3) is 5.91 Å². The van der Waals surface area contributed by atoms with E-state index in [2.05, 4.69) is 21.2 Å². The number of carbonyl (C=O) groups excluding carboxylic acids is 1. The van der Waals surface area contributed by atoms with Crippen molar-refractivity contribution in [1.82, 2.24) is 5.32 Å². The molecule has 0 radical (unpaired) electrons. The van der Waals surface area contributed by atoms with Gasteiger partial charge in [0.15, 0.2) is 0 Å². The van der Waals surface area contributed by atoms with Crippen molar-refractivity contribution >= 4 is 50.6 Å². The number of amides is 1. The topological polar surface area (TPSA) is 55.1 Å². The number of benzene rings is 2. The van der Waals surface area contributed by atoms with E-state index in [1.165, 1.54) is 0 Å². The van der Waals surface area contributed by atoms with Crippen molar-refractivity contribution in [1.29, 1.82) is 0 Å². The van der Waals surface area contributed by atoms with Crippen molar-refractivity contribution in [2.45, 2.75) is 6.04 Å². The van der Waals surface area contributed by atoms with Crippen LogP contribution in [0.25, 0.3) is 0 Å². The summed E-state index contributed by atoms with van der Waals surface area (Å²) < 4.78 is 0.731. The zero-order valence-electron chi connectivity index (χ0n) is 10.8. The number of nitrogens with two attached hydrogens (primary N) is 1. The Morgan fingerprint density at radius 2 is 1.90 bits per heavy atom. The van der Waals surface area contributed by atoms with E-state index in [9.17, 15) is 4.79 Å². The lowest BCUT2D eigenvalue weighted by Gasteiger charge is -2.18. The summed E-state index contributed by atoms with van der Waals surface area (Å²) in [6.07, 6.45) is 0. The molecule has 1 unspecified atom stereocenters. The molecule has 0 aromatic heterocycles. The minimum Gasteiger partial charge on any atom is -0.391 e. The van der Waals surface area contributed by atoms with Crippen molar-refractivity contribution in [3.8, 4) is 0 Å². The van der Waals surface area contributed by atoms with Gasteiger partial charge in [0.05, 0.1) is 5.02 Å². The molecule has 21 heavy (non-hydrogen) atoms. The number of rotatable bonds is 4. The third kappa shape index (κ3) is 4.03. The van der Waals surface area contributed by atoms with Crippen LogP contribution in [-0.4, -0.2) is 10.9 Å². The second-order valence-corrected chi connectivity index (χ2v) is 6.08. The molecule has 0 aliphatic carbocycles. The monoisotopic (exact) mass is 382 g/mol. The van der Waals surface area contributed by atoms with Crippen LogP contribution < -0.4 is 11.1 Å². The highest BCUT2D eigenvalue weighted by atomic mass is 79.9. The molecule has 108 valence electrons. The van der Waals surface area contributed by atoms with Crippen LogP contribution in [0.4, 0.5) is 0 Å². The molecule has 2 aromatic carbocycles. The highest BCUT2D eigenvalue weighted by Gasteiger charge is 2.18. The van der Waals surface area contributed by atoms with Gasteiger partial charge in [-0.15, -0.1) is 0 Å². The molecule has 1 amide bonds. The fourth-order valence-corrected chi connectivity index (χ4v) is 2.44. The molecule has 0 fully saturated rings. The Hall–Kier alpha value is -1.43. The van der Waals surface area contributed by atoms with Crippen LogP contribution >= 0.6 is 39.7 Å². The van der Waals surface area contributed by atoms with E-state index in [1.807, 2.05) is 30.3 Å². The number of hydrogen-bond acceptors (Lipinski definition) is 2. The van der Waals surface area contributed by atoms with Gasteiger partial charge in [0.2, 0.25) is 0 Å². The average molecular weight is 384 g/mol. The van der Waals surface area contributed by atoms with Gasteiger partial charge in [-0.3, -0.25) is 4.79 Å². The number of thiocarbonyl (C=S) groups is 1. The quantitative estimate of drug-likeness (QED) is 0.788. The first kappa shape index (κ1) is 15.9. The average Bonchev–Trinajstić information content (AvgIpc) is 2.48. The summed E-state index contributed by atoms with van der Waals surface area (Å²) in [7, 11) is 0. The molecule has 0 spiro atoms. The van der Waals surface area contributed by atoms with E-state index in [0.29, 0.717) is 10.6 Å². The minimum atomic E-state index is -0.517. The normalized spacial score (nSPS) is 11.7. The summed E-state index contributed by atoms with van der Waals surface area (Å²) in [5.74, 6) is -0.286. The lowest BCUT2D eigenvalue weighted by atomic mass is 10.1. The first-order valence-corrected chi connectivity index (χ1v) is 7.67. The molecular weight excluding hydrogens is 372 g/mol. The standard InChI is InChI=1S/C15H12BrClN2OS/c16-11-7-6-10(8-12(11)17)15(20)19-13(14(18)21)9-4-2-1-3-5-9/h1-8,13H,(H2,18,21)(H,19,20). The van der Waals surface area contributed by atoms with Crippen molar-refractivity contribution < 1.29 is 4.79 Å². The predicted molar refractivity (Wildman–Crippen MR) is 92.6 cm³/mol. The maximum atomic E-state index is 12.3. The first-order valence-electron chi connectivity index (χ1n) is 6.09. The highest BCUT2D eigenvalue weighted by Crippen LogP contribution is 2.23. The highest BCUT2D eigenvalue weighted by molar-refractivity contribution is 9.10. The molecule has 0 saturated heterocycles. The van der Waals surface area contributed by atoms with Crippen molar-refractivity contribution in [2.75, 3.05) is 0 Å². The number of halogens is 2. The van der Waals surface area contributed by atoms with E-state index < -0.39 is 6.04 Å². The fourth-order valence-electron chi connectivity index (χ4n) is 1.82. The third-order valence-electron chi connectivity index (χ3n) is 2.87. The SMILES string of the molecule is NC(=S)C(NC(=O)c1ccc(Br)c(Cl)c1)c1ccccc1. The molecule has 0 bridgehead atoms. The molecule has 0 aliphatic heterocycles. The van der Waals surface area contributed by atoms with Crippen LogP contribution in [0.5, 0.6) is 0 Å². The van der Waals surface area contributed by atoms with Gasteiger partial charge in [-0.1, -0.05) is 54.2 Å². The fraction of sp³-hybridized carbons (Fsp3) is 0.0667. The minimum absolute atomic E-state index is 0.206. The molecule has 3 nitrogen and oxygen atoms in total. The molecule has 6 heteroatoms.